The Labute approximate surface area is 118 Å². The molecular formula is C15H21FN2O2. The number of hydrogen-bond donors (Lipinski definition) is 1. The van der Waals surface area contributed by atoms with Crippen molar-refractivity contribution in [1.29, 1.82) is 0 Å². The van der Waals surface area contributed by atoms with Gasteiger partial charge in [0.2, 0.25) is 0 Å². The summed E-state index contributed by atoms with van der Waals surface area (Å²) in [6.45, 7) is 3.63. The van der Waals surface area contributed by atoms with Crippen LogP contribution < -0.4 is 10.1 Å². The van der Waals surface area contributed by atoms with Crippen LogP contribution in [-0.2, 0) is 0 Å². The normalized spacial score (nSPS) is 18.7. The number of carbonyl (C=O) groups is 1. The predicted octanol–water partition coefficient (Wildman–Crippen LogP) is 2.79. The quantitative estimate of drug-likeness (QED) is 0.862. The van der Waals surface area contributed by atoms with Crippen LogP contribution in [-0.4, -0.2) is 36.7 Å². The molecule has 2 rings (SSSR count). The molecular weight excluding hydrogens is 259 g/mol. The van der Waals surface area contributed by atoms with Crippen LogP contribution in [0.25, 0.3) is 0 Å². The minimum Gasteiger partial charge on any atom is -0.492 e. The number of nitrogens with one attached hydrogen (secondary N) is 1. The van der Waals surface area contributed by atoms with Gasteiger partial charge in [0.1, 0.15) is 18.2 Å². The molecule has 0 bridgehead atoms. The highest BCUT2D eigenvalue weighted by Gasteiger charge is 2.22. The second-order valence-corrected chi connectivity index (χ2v) is 5.08. The van der Waals surface area contributed by atoms with Crippen molar-refractivity contribution >= 4 is 6.03 Å². The van der Waals surface area contributed by atoms with E-state index >= 15 is 0 Å². The number of piperidine rings is 1. The smallest absolute Gasteiger partial charge is 0.317 e. The summed E-state index contributed by atoms with van der Waals surface area (Å²) in [6, 6.07) is 6.24. The minimum absolute atomic E-state index is 0.0416. The van der Waals surface area contributed by atoms with Crippen molar-refractivity contribution in [1.82, 2.24) is 10.2 Å². The number of carbonyl (C=O) groups excluding carboxylic acids is 1. The predicted molar refractivity (Wildman–Crippen MR) is 75.3 cm³/mol. The minimum atomic E-state index is -0.325. The van der Waals surface area contributed by atoms with Crippen LogP contribution >= 0.6 is 0 Å². The van der Waals surface area contributed by atoms with E-state index in [2.05, 4.69) is 12.2 Å². The summed E-state index contributed by atoms with van der Waals surface area (Å²) in [6.07, 6.45) is 3.32. The van der Waals surface area contributed by atoms with Crippen LogP contribution in [0.15, 0.2) is 24.3 Å². The van der Waals surface area contributed by atoms with Crippen LogP contribution in [0, 0.1) is 5.82 Å². The van der Waals surface area contributed by atoms with Gasteiger partial charge in [-0.05, 0) is 38.3 Å². The fourth-order valence-electron chi connectivity index (χ4n) is 2.39. The number of amides is 2. The lowest BCUT2D eigenvalue weighted by molar-refractivity contribution is 0.156. The summed E-state index contributed by atoms with van der Waals surface area (Å²) < 4.78 is 18.3. The zero-order valence-electron chi connectivity index (χ0n) is 11.8. The second-order valence-electron chi connectivity index (χ2n) is 5.08. The van der Waals surface area contributed by atoms with E-state index in [0.29, 0.717) is 24.9 Å². The van der Waals surface area contributed by atoms with Gasteiger partial charge in [-0.1, -0.05) is 6.07 Å². The first-order valence-corrected chi connectivity index (χ1v) is 7.09. The summed E-state index contributed by atoms with van der Waals surface area (Å²) in [7, 11) is 0. The van der Waals surface area contributed by atoms with Crippen molar-refractivity contribution in [2.75, 3.05) is 19.7 Å². The third-order valence-electron chi connectivity index (χ3n) is 3.51. The second kappa shape index (κ2) is 7.12. The maximum absolute atomic E-state index is 12.9. The van der Waals surface area contributed by atoms with E-state index < -0.39 is 0 Å². The van der Waals surface area contributed by atoms with Gasteiger partial charge in [0.05, 0.1) is 6.54 Å². The number of hydrogen-bond acceptors (Lipinski definition) is 2. The zero-order valence-corrected chi connectivity index (χ0v) is 11.8. The van der Waals surface area contributed by atoms with E-state index in [-0.39, 0.29) is 11.8 Å². The van der Waals surface area contributed by atoms with E-state index in [1.807, 2.05) is 4.90 Å². The van der Waals surface area contributed by atoms with E-state index in [1.165, 1.54) is 18.6 Å². The van der Waals surface area contributed by atoms with Crippen LogP contribution in [0.3, 0.4) is 0 Å². The molecule has 2 amide bonds. The molecule has 1 aromatic rings. The number of likely N-dealkylation sites (tertiary alicyclic amines) is 1. The first-order valence-electron chi connectivity index (χ1n) is 7.09. The van der Waals surface area contributed by atoms with Gasteiger partial charge < -0.3 is 15.0 Å². The molecule has 1 heterocycles. The fraction of sp³-hybridized carbons (Fsp3) is 0.533. The van der Waals surface area contributed by atoms with Crippen molar-refractivity contribution in [2.24, 2.45) is 0 Å². The summed E-state index contributed by atoms with van der Waals surface area (Å²) in [5.41, 5.74) is 0. The van der Waals surface area contributed by atoms with E-state index in [4.69, 9.17) is 4.74 Å². The highest BCUT2D eigenvalue weighted by atomic mass is 19.1. The lowest BCUT2D eigenvalue weighted by Crippen LogP contribution is -2.48. The monoisotopic (exact) mass is 280 g/mol. The molecule has 1 aliphatic heterocycles. The van der Waals surface area contributed by atoms with Crippen LogP contribution in [0.5, 0.6) is 5.75 Å². The molecule has 20 heavy (non-hydrogen) atoms. The average Bonchev–Trinajstić information content (AvgIpc) is 2.44. The average molecular weight is 280 g/mol. The molecule has 0 aliphatic carbocycles. The van der Waals surface area contributed by atoms with Crippen LogP contribution in [0.4, 0.5) is 9.18 Å². The Kier molecular flexibility index (Phi) is 5.21. The highest BCUT2D eigenvalue weighted by molar-refractivity contribution is 5.74. The third kappa shape index (κ3) is 4.11. The Balaban J connectivity index is 1.69. The molecule has 0 aromatic heterocycles. The molecule has 4 nitrogen and oxygen atoms in total. The Bertz CT molecular complexity index is 453. The Hall–Kier alpha value is -1.78. The summed E-state index contributed by atoms with van der Waals surface area (Å²) in [4.78, 5) is 13.8. The lowest BCUT2D eigenvalue weighted by atomic mass is 10.0. The molecule has 0 radical (unpaired) electrons. The maximum atomic E-state index is 12.9. The SMILES string of the molecule is CC1CCCCN1C(=O)NCCOc1cccc(F)c1. The number of ether oxygens (including phenoxy) is 1. The largest absolute Gasteiger partial charge is 0.492 e. The third-order valence-corrected chi connectivity index (χ3v) is 3.51. The van der Waals surface area contributed by atoms with E-state index in [0.717, 1.165) is 19.4 Å². The van der Waals surface area contributed by atoms with Crippen LogP contribution in [0.1, 0.15) is 26.2 Å². The molecule has 1 saturated heterocycles. The topological polar surface area (TPSA) is 41.6 Å². The maximum Gasteiger partial charge on any atom is 0.317 e. The summed E-state index contributed by atoms with van der Waals surface area (Å²) in [5.74, 6) is 0.152. The molecule has 1 fully saturated rings. The molecule has 1 aromatic carbocycles. The van der Waals surface area contributed by atoms with Crippen molar-refractivity contribution in [3.63, 3.8) is 0 Å². The number of halogens is 1. The number of nitrogens with zero attached hydrogens (tertiary/aromatic N) is 1. The van der Waals surface area contributed by atoms with Crippen molar-refractivity contribution in [3.8, 4) is 5.75 Å². The molecule has 1 unspecified atom stereocenters. The Morgan fingerprint density at radius 1 is 1.50 bits per heavy atom. The number of rotatable bonds is 4. The molecule has 1 atom stereocenters. The summed E-state index contributed by atoms with van der Waals surface area (Å²) >= 11 is 0. The first kappa shape index (κ1) is 14.6. The first-order chi connectivity index (χ1) is 9.66. The Morgan fingerprint density at radius 2 is 2.35 bits per heavy atom. The van der Waals surface area contributed by atoms with Gasteiger partial charge in [-0.25, -0.2) is 9.18 Å². The number of urea groups is 1. The van der Waals surface area contributed by atoms with Crippen LogP contribution in [0.2, 0.25) is 0 Å². The molecule has 110 valence electrons. The fourth-order valence-corrected chi connectivity index (χ4v) is 2.39. The molecule has 1 N–H and O–H groups in total. The van der Waals surface area contributed by atoms with Crippen molar-refractivity contribution in [2.45, 2.75) is 32.2 Å². The van der Waals surface area contributed by atoms with E-state index in [1.54, 1.807) is 12.1 Å². The molecule has 0 spiro atoms. The van der Waals surface area contributed by atoms with Gasteiger partial charge in [-0.15, -0.1) is 0 Å². The van der Waals surface area contributed by atoms with Gasteiger partial charge in [0.15, 0.2) is 0 Å². The van der Waals surface area contributed by atoms with Gasteiger partial charge in [-0.3, -0.25) is 0 Å². The molecule has 1 aliphatic rings. The Morgan fingerprint density at radius 3 is 3.10 bits per heavy atom. The molecule has 0 saturated carbocycles. The van der Waals surface area contributed by atoms with Crippen molar-refractivity contribution < 1.29 is 13.9 Å². The standard InChI is InChI=1S/C15H21FN2O2/c1-12-5-2-3-9-18(12)15(19)17-8-10-20-14-7-4-6-13(16)11-14/h4,6-7,11-12H,2-3,5,8-10H2,1H3,(H,17,19). The van der Waals surface area contributed by atoms with Gasteiger partial charge in [0.25, 0.3) is 0 Å². The highest BCUT2D eigenvalue weighted by Crippen LogP contribution is 2.16. The van der Waals surface area contributed by atoms with E-state index in [9.17, 15) is 9.18 Å². The van der Waals surface area contributed by atoms with Crippen molar-refractivity contribution in [3.05, 3.63) is 30.1 Å². The van der Waals surface area contributed by atoms with Gasteiger partial charge in [0, 0.05) is 18.7 Å². The number of benzene rings is 1. The van der Waals surface area contributed by atoms with Gasteiger partial charge >= 0.3 is 6.03 Å². The zero-order chi connectivity index (χ0) is 14.4. The lowest BCUT2D eigenvalue weighted by Gasteiger charge is -2.33. The molecule has 5 heteroatoms. The van der Waals surface area contributed by atoms with Gasteiger partial charge in [-0.2, -0.15) is 0 Å². The summed E-state index contributed by atoms with van der Waals surface area (Å²) in [5, 5.41) is 2.84.